The Labute approximate surface area is 159 Å². The Morgan fingerprint density at radius 1 is 1.19 bits per heavy atom. The highest BCUT2D eigenvalue weighted by Crippen LogP contribution is 2.34. The smallest absolute Gasteiger partial charge is 0.407 e. The summed E-state index contributed by atoms with van der Waals surface area (Å²) in [6.45, 7) is 3.28. The van der Waals surface area contributed by atoms with E-state index in [1.54, 1.807) is 7.11 Å². The first-order valence-electron chi connectivity index (χ1n) is 9.04. The molecule has 0 spiro atoms. The van der Waals surface area contributed by atoms with E-state index in [1.165, 1.54) is 10.5 Å². The van der Waals surface area contributed by atoms with Crippen molar-refractivity contribution in [2.24, 2.45) is 5.73 Å². The number of rotatable bonds is 6. The minimum absolute atomic E-state index is 0.385. The molecule has 27 heavy (non-hydrogen) atoms. The second-order valence-electron chi connectivity index (χ2n) is 6.47. The van der Waals surface area contributed by atoms with E-state index in [4.69, 9.17) is 15.6 Å². The van der Waals surface area contributed by atoms with Gasteiger partial charge in [-0.05, 0) is 5.56 Å². The number of ether oxygens (including phenoxy) is 1. The van der Waals surface area contributed by atoms with Crippen LogP contribution in [0.1, 0.15) is 11.1 Å². The topological polar surface area (TPSA) is 91.1 Å². The maximum atomic E-state index is 11.2. The lowest BCUT2D eigenvalue weighted by Gasteiger charge is -2.36. The predicted molar refractivity (Wildman–Crippen MR) is 106 cm³/mol. The van der Waals surface area contributed by atoms with Gasteiger partial charge < -0.3 is 30.7 Å². The van der Waals surface area contributed by atoms with Crippen molar-refractivity contribution < 1.29 is 14.6 Å². The zero-order valence-electron chi connectivity index (χ0n) is 15.5. The second kappa shape index (κ2) is 8.64. The minimum Gasteiger partial charge on any atom is -0.497 e. The lowest BCUT2D eigenvalue weighted by molar-refractivity contribution is 0.142. The molecular weight excluding hydrogens is 344 g/mol. The Morgan fingerprint density at radius 2 is 1.89 bits per heavy atom. The third-order valence-corrected chi connectivity index (χ3v) is 4.86. The third-order valence-electron chi connectivity index (χ3n) is 4.86. The maximum absolute atomic E-state index is 11.2. The summed E-state index contributed by atoms with van der Waals surface area (Å²) in [4.78, 5) is 14.8. The monoisotopic (exact) mass is 370 g/mol. The fraction of sp³-hybridized carbons (Fsp3) is 0.350. The van der Waals surface area contributed by atoms with Crippen LogP contribution < -0.4 is 20.7 Å². The van der Waals surface area contributed by atoms with E-state index in [9.17, 15) is 4.79 Å². The molecule has 0 radical (unpaired) electrons. The molecule has 1 amide bonds. The molecule has 7 nitrogen and oxygen atoms in total. The summed E-state index contributed by atoms with van der Waals surface area (Å²) in [5.41, 5.74) is 10.2. The summed E-state index contributed by atoms with van der Waals surface area (Å²) in [6, 6.07) is 14.1. The van der Waals surface area contributed by atoms with Crippen LogP contribution >= 0.6 is 0 Å². The van der Waals surface area contributed by atoms with Crippen LogP contribution in [0.15, 0.2) is 42.5 Å². The van der Waals surface area contributed by atoms with Crippen molar-refractivity contribution >= 4 is 17.5 Å². The number of nitrogens with two attached hydrogens (primary N) is 1. The number of hydrogen-bond donors (Lipinski definition) is 3. The molecule has 3 rings (SSSR count). The maximum Gasteiger partial charge on any atom is 0.407 e. The molecule has 7 heteroatoms. The number of methoxy groups -OCH3 is 1. The molecule has 0 unspecified atom stereocenters. The standard InChI is InChI=1S/C20H26N4O3/c1-27-16-11-18(22-14-15-5-3-2-4-6-15)17(13-21)19(12-16)23-7-9-24(10-8-23)20(25)26/h2-6,11-12,22H,7-10,13-14,21H2,1H3,(H,25,26). The molecule has 0 bridgehead atoms. The average molecular weight is 370 g/mol. The van der Waals surface area contributed by atoms with Crippen LogP contribution in [-0.4, -0.2) is 49.4 Å². The van der Waals surface area contributed by atoms with Crippen LogP contribution in [0, 0.1) is 0 Å². The van der Waals surface area contributed by atoms with E-state index >= 15 is 0 Å². The molecule has 1 aliphatic rings. The first kappa shape index (κ1) is 18.8. The van der Waals surface area contributed by atoms with Gasteiger partial charge in [-0.3, -0.25) is 0 Å². The summed E-state index contributed by atoms with van der Waals surface area (Å²) in [5, 5.41) is 12.6. The van der Waals surface area contributed by atoms with Crippen LogP contribution in [-0.2, 0) is 13.1 Å². The van der Waals surface area contributed by atoms with E-state index in [0.717, 1.165) is 22.7 Å². The van der Waals surface area contributed by atoms with Crippen LogP contribution in [0.25, 0.3) is 0 Å². The van der Waals surface area contributed by atoms with Crippen LogP contribution in [0.3, 0.4) is 0 Å². The Morgan fingerprint density at radius 3 is 2.48 bits per heavy atom. The molecule has 0 atom stereocenters. The van der Waals surface area contributed by atoms with Gasteiger partial charge in [-0.25, -0.2) is 4.79 Å². The average Bonchev–Trinajstić information content (AvgIpc) is 2.72. The van der Waals surface area contributed by atoms with Crippen molar-refractivity contribution in [3.8, 4) is 5.75 Å². The van der Waals surface area contributed by atoms with E-state index in [-0.39, 0.29) is 0 Å². The number of benzene rings is 2. The zero-order valence-corrected chi connectivity index (χ0v) is 15.5. The molecule has 1 saturated heterocycles. The molecule has 4 N–H and O–H groups in total. The van der Waals surface area contributed by atoms with Gasteiger partial charge in [0.25, 0.3) is 0 Å². The fourth-order valence-corrected chi connectivity index (χ4v) is 3.33. The summed E-state index contributed by atoms with van der Waals surface area (Å²) >= 11 is 0. The SMILES string of the molecule is COc1cc(NCc2ccccc2)c(CN)c(N2CCN(C(=O)O)CC2)c1. The summed E-state index contributed by atoms with van der Waals surface area (Å²) in [7, 11) is 1.64. The first-order chi connectivity index (χ1) is 13.1. The van der Waals surface area contributed by atoms with Crippen molar-refractivity contribution in [1.29, 1.82) is 0 Å². The highest BCUT2D eigenvalue weighted by atomic mass is 16.5. The van der Waals surface area contributed by atoms with Crippen molar-refractivity contribution in [3.63, 3.8) is 0 Å². The van der Waals surface area contributed by atoms with Crippen LogP contribution in [0.5, 0.6) is 5.75 Å². The lowest BCUT2D eigenvalue weighted by atomic mass is 10.1. The first-order valence-corrected chi connectivity index (χ1v) is 9.04. The van der Waals surface area contributed by atoms with Gasteiger partial charge in [0.05, 0.1) is 7.11 Å². The molecule has 2 aromatic carbocycles. The van der Waals surface area contributed by atoms with Gasteiger partial charge >= 0.3 is 6.09 Å². The van der Waals surface area contributed by atoms with Crippen molar-refractivity contribution in [3.05, 3.63) is 53.6 Å². The molecule has 1 heterocycles. The summed E-state index contributed by atoms with van der Waals surface area (Å²) in [5.74, 6) is 0.749. The lowest BCUT2D eigenvalue weighted by Crippen LogP contribution is -2.48. The van der Waals surface area contributed by atoms with Gasteiger partial charge in [0, 0.05) is 68.3 Å². The molecule has 1 fully saturated rings. The normalized spacial score (nSPS) is 14.1. The number of amides is 1. The predicted octanol–water partition coefficient (Wildman–Crippen LogP) is 2.57. The van der Waals surface area contributed by atoms with Gasteiger partial charge in [-0.15, -0.1) is 0 Å². The number of nitrogens with zero attached hydrogens (tertiary/aromatic N) is 2. The van der Waals surface area contributed by atoms with Crippen molar-refractivity contribution in [2.75, 3.05) is 43.5 Å². The van der Waals surface area contributed by atoms with Crippen LogP contribution in [0.2, 0.25) is 0 Å². The molecule has 0 aliphatic carbocycles. The molecule has 144 valence electrons. The Hall–Kier alpha value is -2.93. The minimum atomic E-state index is -0.871. The number of carboxylic acid groups (broad SMARTS) is 1. The summed E-state index contributed by atoms with van der Waals surface area (Å²) in [6.07, 6.45) is -0.871. The van der Waals surface area contributed by atoms with E-state index in [0.29, 0.717) is 39.3 Å². The summed E-state index contributed by atoms with van der Waals surface area (Å²) < 4.78 is 5.49. The van der Waals surface area contributed by atoms with Crippen molar-refractivity contribution in [2.45, 2.75) is 13.1 Å². The third kappa shape index (κ3) is 4.43. The number of hydrogen-bond acceptors (Lipinski definition) is 5. The molecule has 2 aromatic rings. The fourth-order valence-electron chi connectivity index (χ4n) is 3.33. The number of carbonyl (C=O) groups is 1. The number of piperazine rings is 1. The highest BCUT2D eigenvalue weighted by Gasteiger charge is 2.23. The van der Waals surface area contributed by atoms with Crippen LogP contribution in [0.4, 0.5) is 16.2 Å². The van der Waals surface area contributed by atoms with Crippen molar-refractivity contribution in [1.82, 2.24) is 4.90 Å². The largest absolute Gasteiger partial charge is 0.497 e. The van der Waals surface area contributed by atoms with Gasteiger partial charge in [-0.2, -0.15) is 0 Å². The number of anilines is 2. The Kier molecular flexibility index (Phi) is 6.03. The van der Waals surface area contributed by atoms with E-state index in [2.05, 4.69) is 22.3 Å². The Balaban J connectivity index is 1.84. The van der Waals surface area contributed by atoms with Gasteiger partial charge in [-0.1, -0.05) is 30.3 Å². The number of nitrogens with one attached hydrogen (secondary N) is 1. The second-order valence-corrected chi connectivity index (χ2v) is 6.47. The molecule has 0 saturated carbocycles. The molecular formula is C20H26N4O3. The zero-order chi connectivity index (χ0) is 19.2. The van der Waals surface area contributed by atoms with Gasteiger partial charge in [0.1, 0.15) is 5.75 Å². The van der Waals surface area contributed by atoms with E-state index in [1.807, 2.05) is 30.3 Å². The van der Waals surface area contributed by atoms with Gasteiger partial charge in [0.15, 0.2) is 0 Å². The van der Waals surface area contributed by atoms with E-state index < -0.39 is 6.09 Å². The Bertz CT molecular complexity index is 774. The molecule has 1 aliphatic heterocycles. The van der Waals surface area contributed by atoms with Gasteiger partial charge in [0.2, 0.25) is 0 Å². The quantitative estimate of drug-likeness (QED) is 0.724. The molecule has 0 aromatic heterocycles. The highest BCUT2D eigenvalue weighted by molar-refractivity contribution is 5.71.